The quantitative estimate of drug-likeness (QED) is 0.568. The number of hydrogen-bond acceptors (Lipinski definition) is 2. The lowest BCUT2D eigenvalue weighted by Crippen LogP contribution is -2.06. The minimum absolute atomic E-state index is 0.132. The van der Waals surface area contributed by atoms with E-state index in [4.69, 9.17) is 1.43 Å². The fraction of sp³-hybridized carbons (Fsp3) is 0.800. The fourth-order valence-corrected chi connectivity index (χ4v) is 0.167. The molecule has 0 heterocycles. The summed E-state index contributed by atoms with van der Waals surface area (Å²) in [6.07, 6.45) is 0.734. The van der Waals surface area contributed by atoms with Crippen LogP contribution in [0.2, 0.25) is 0 Å². The summed E-state index contributed by atoms with van der Waals surface area (Å²) in [5.74, 6) is -0.583. The van der Waals surface area contributed by atoms with Gasteiger partial charge in [0, 0.05) is 0 Å². The smallest absolute Gasteiger partial charge is 0.306 e. The molecule has 1 atom stereocenters. The summed E-state index contributed by atoms with van der Waals surface area (Å²) in [5.41, 5.74) is 0. The number of carboxylic acids is 1. The largest absolute Gasteiger partial charge is 0.481 e. The van der Waals surface area contributed by atoms with Crippen LogP contribution in [0.3, 0.4) is 0 Å². The van der Waals surface area contributed by atoms with Crippen LogP contribution in [0.5, 0.6) is 0 Å². The Balaban J connectivity index is 3.46. The average molecular weight is 103 g/mol. The molecule has 7 heavy (non-hydrogen) atoms. The van der Waals surface area contributed by atoms with Crippen LogP contribution in [0.15, 0.2) is 0 Å². The molecule has 0 rings (SSSR count). The highest BCUT2D eigenvalue weighted by molar-refractivity contribution is 5.69. The maximum absolute atomic E-state index is 10.3. The van der Waals surface area contributed by atoms with Gasteiger partial charge in [-0.25, -0.2) is 0 Å². The first-order valence-corrected chi connectivity index (χ1v) is 2.39. The molecular formula is C5H10O2. The van der Waals surface area contributed by atoms with Gasteiger partial charge in [-0.05, 0) is 6.42 Å². The Kier molecular flexibility index (Phi) is 1.72. The summed E-state index contributed by atoms with van der Waals surface area (Å²) in [5, 5.41) is 3.71. The molecule has 0 amide bonds. The molecule has 0 fully saturated rings. The van der Waals surface area contributed by atoms with Crippen molar-refractivity contribution in [1.29, 1.82) is 1.43 Å². The van der Waals surface area contributed by atoms with E-state index in [9.17, 15) is 4.79 Å². The topological polar surface area (TPSA) is 37.3 Å². The second-order valence-electron chi connectivity index (χ2n) is 1.63. The zero-order valence-electron chi connectivity index (χ0n) is 5.60. The molecule has 0 aliphatic rings. The van der Waals surface area contributed by atoms with Crippen molar-refractivity contribution in [1.82, 2.24) is 0 Å². The molecule has 0 saturated heterocycles. The Morgan fingerprint density at radius 3 is 2.86 bits per heavy atom. The Labute approximate surface area is 44.6 Å². The zero-order chi connectivity index (χ0) is 6.57. The van der Waals surface area contributed by atoms with E-state index in [0.717, 1.165) is 6.42 Å². The van der Waals surface area contributed by atoms with Crippen molar-refractivity contribution < 1.29 is 9.90 Å². The highest BCUT2D eigenvalue weighted by Gasteiger charge is 2.05. The first-order chi connectivity index (χ1) is 3.72. The van der Waals surface area contributed by atoms with Gasteiger partial charge in [0.05, 0.1) is 5.92 Å². The summed E-state index contributed by atoms with van der Waals surface area (Å²) < 4.78 is 6.19. The second kappa shape index (κ2) is 2.61. The predicted octanol–water partition coefficient (Wildman–Crippen LogP) is 1.12. The molecule has 0 aromatic heterocycles. The Hall–Kier alpha value is -0.530. The van der Waals surface area contributed by atoms with Gasteiger partial charge in [0.2, 0.25) is 0 Å². The molecule has 2 nitrogen and oxygen atoms in total. The average Bonchev–Trinajstić information content (AvgIpc) is 1.84. The molecule has 0 aromatic carbocycles. The van der Waals surface area contributed by atoms with Crippen molar-refractivity contribution in [2.45, 2.75) is 20.3 Å². The van der Waals surface area contributed by atoms with Crippen molar-refractivity contribution in [3.05, 3.63) is 0 Å². The van der Waals surface area contributed by atoms with Crippen LogP contribution in [-0.2, 0) is 4.79 Å². The summed E-state index contributed by atoms with van der Waals surface area (Å²) in [7, 11) is 0. The third-order valence-corrected chi connectivity index (χ3v) is 1.01. The summed E-state index contributed by atoms with van der Waals surface area (Å²) in [4.78, 5) is 10.3. The lowest BCUT2D eigenvalue weighted by atomic mass is 10.1. The van der Waals surface area contributed by atoms with E-state index in [0.29, 0.717) is 0 Å². The van der Waals surface area contributed by atoms with E-state index in [1.54, 1.807) is 6.92 Å². The Morgan fingerprint density at radius 2 is 2.71 bits per heavy atom. The maximum atomic E-state index is 10.3. The van der Waals surface area contributed by atoms with Crippen molar-refractivity contribution in [2.75, 3.05) is 0 Å². The first-order valence-electron chi connectivity index (χ1n) is 2.80. The molecule has 0 aromatic rings. The van der Waals surface area contributed by atoms with Gasteiger partial charge in [0.1, 0.15) is 0 Å². The van der Waals surface area contributed by atoms with Gasteiger partial charge in [0.15, 0.2) is 0 Å². The van der Waals surface area contributed by atoms with Crippen molar-refractivity contribution in [3.8, 4) is 0 Å². The van der Waals surface area contributed by atoms with E-state index < -0.39 is 5.97 Å². The van der Waals surface area contributed by atoms with Crippen molar-refractivity contribution >= 4 is 5.97 Å². The predicted molar refractivity (Wildman–Crippen MR) is 27.1 cm³/mol. The molecule has 2 heteroatoms. The van der Waals surface area contributed by atoms with Crippen LogP contribution in [0, 0.1) is 5.92 Å². The van der Waals surface area contributed by atoms with Gasteiger partial charge in [-0.3, -0.25) is 4.79 Å². The van der Waals surface area contributed by atoms with Crippen LogP contribution in [0.4, 0.5) is 0 Å². The lowest BCUT2D eigenvalue weighted by Gasteiger charge is -1.96. The SMILES string of the molecule is [2H]OC(=O)C(C)CC. The van der Waals surface area contributed by atoms with E-state index in [-0.39, 0.29) is 5.92 Å². The van der Waals surface area contributed by atoms with Crippen LogP contribution in [0.1, 0.15) is 20.3 Å². The fourth-order valence-electron chi connectivity index (χ4n) is 0.167. The molecule has 0 aliphatic heterocycles. The van der Waals surface area contributed by atoms with Crippen LogP contribution >= 0.6 is 0 Å². The molecule has 0 spiro atoms. The number of carboxylic acid groups (broad SMARTS) is 1. The number of carbonyl (C=O) groups is 1. The van der Waals surface area contributed by atoms with Gasteiger partial charge >= 0.3 is 5.97 Å². The maximum Gasteiger partial charge on any atom is 0.306 e. The third kappa shape index (κ3) is 2.20. The van der Waals surface area contributed by atoms with E-state index in [1.807, 2.05) is 6.92 Å². The second-order valence-corrected chi connectivity index (χ2v) is 1.63. The van der Waals surface area contributed by atoms with E-state index in [2.05, 4.69) is 5.11 Å². The zero-order valence-corrected chi connectivity index (χ0v) is 4.60. The Bertz CT molecular complexity index is 82.5. The molecule has 1 unspecified atom stereocenters. The van der Waals surface area contributed by atoms with Gasteiger partial charge in [-0.2, -0.15) is 0 Å². The van der Waals surface area contributed by atoms with Crippen molar-refractivity contribution in [2.24, 2.45) is 5.92 Å². The molecule has 0 bridgehead atoms. The number of hydrogen-bond donors (Lipinski definition) is 1. The normalized spacial score (nSPS) is 14.9. The van der Waals surface area contributed by atoms with Crippen molar-refractivity contribution in [3.63, 3.8) is 0 Å². The monoisotopic (exact) mass is 103 g/mol. The number of rotatable bonds is 2. The molecular weight excluding hydrogens is 92.1 g/mol. The molecule has 0 radical (unpaired) electrons. The molecule has 42 valence electrons. The molecule has 0 aliphatic carbocycles. The highest BCUT2D eigenvalue weighted by atomic mass is 16.4. The van der Waals surface area contributed by atoms with E-state index >= 15 is 0 Å². The van der Waals surface area contributed by atoms with Crippen LogP contribution in [0.25, 0.3) is 1.43 Å². The summed E-state index contributed by atoms with van der Waals surface area (Å²) in [6, 6.07) is 0. The minimum Gasteiger partial charge on any atom is -0.481 e. The van der Waals surface area contributed by atoms with Crippen LogP contribution < -0.4 is 0 Å². The third-order valence-electron chi connectivity index (χ3n) is 1.01. The lowest BCUT2D eigenvalue weighted by molar-refractivity contribution is -0.141. The van der Waals surface area contributed by atoms with Gasteiger partial charge in [-0.1, -0.05) is 13.8 Å². The standard InChI is InChI=1S/C5H10O2/c1-3-4(2)5(6)7/h4H,3H2,1-2H3,(H,6,7)/i/hD. The first kappa shape index (κ1) is 4.62. The van der Waals surface area contributed by atoms with Gasteiger partial charge in [0.25, 0.3) is 1.43 Å². The number of aliphatic carboxylic acids is 1. The van der Waals surface area contributed by atoms with E-state index in [1.165, 1.54) is 0 Å². The minimum atomic E-state index is -0.451. The molecule has 0 saturated carbocycles. The summed E-state index contributed by atoms with van der Waals surface area (Å²) in [6.45, 7) is 3.61. The van der Waals surface area contributed by atoms with Gasteiger partial charge in [-0.15, -0.1) is 0 Å². The molecule has 1 N–H and O–H groups in total. The highest BCUT2D eigenvalue weighted by Crippen LogP contribution is 1.97. The Morgan fingerprint density at radius 1 is 2.14 bits per heavy atom. The van der Waals surface area contributed by atoms with Gasteiger partial charge < -0.3 is 5.11 Å². The van der Waals surface area contributed by atoms with Crippen LogP contribution in [-0.4, -0.2) is 11.1 Å². The summed E-state index contributed by atoms with van der Waals surface area (Å²) >= 11 is 0.